The van der Waals surface area contributed by atoms with Crippen molar-refractivity contribution in [2.75, 3.05) is 24.5 Å². The van der Waals surface area contributed by atoms with Crippen molar-refractivity contribution in [3.05, 3.63) is 66.2 Å². The summed E-state index contributed by atoms with van der Waals surface area (Å²) in [5, 5.41) is 9.37. The van der Waals surface area contributed by atoms with E-state index >= 15 is 0 Å². The molecule has 2 aromatic carbocycles. The molecule has 2 atom stereocenters. The van der Waals surface area contributed by atoms with Crippen LogP contribution in [0.5, 0.6) is 0 Å². The molecule has 1 N–H and O–H groups in total. The number of carbonyl (C=O) groups excluding carboxylic acids is 1. The molecule has 1 aliphatic heterocycles. The summed E-state index contributed by atoms with van der Waals surface area (Å²) in [7, 11) is 0. The number of likely N-dealkylation sites (tertiary alicyclic amines) is 1. The molecule has 2 unspecified atom stereocenters. The van der Waals surface area contributed by atoms with Crippen molar-refractivity contribution >= 4 is 17.6 Å². The number of nitrogens with zero attached hydrogens (tertiary/aromatic N) is 2. The van der Waals surface area contributed by atoms with Crippen LogP contribution in [-0.2, 0) is 16.1 Å². The second-order valence-corrected chi connectivity index (χ2v) is 7.37. The lowest BCUT2D eigenvalue weighted by molar-refractivity contribution is -0.145. The molecule has 0 aliphatic carbocycles. The first-order valence-corrected chi connectivity index (χ1v) is 9.37. The lowest BCUT2D eigenvalue weighted by Gasteiger charge is -2.35. The minimum absolute atomic E-state index is 0.0108. The smallest absolute Gasteiger partial charge is 0.307 e. The Morgan fingerprint density at radius 3 is 2.30 bits per heavy atom. The van der Waals surface area contributed by atoms with Gasteiger partial charge in [0.15, 0.2) is 0 Å². The number of anilines is 1. The number of benzene rings is 2. The van der Waals surface area contributed by atoms with Gasteiger partial charge in [-0.15, -0.1) is 0 Å². The summed E-state index contributed by atoms with van der Waals surface area (Å²) >= 11 is 0. The molecule has 5 nitrogen and oxygen atoms in total. The SMILES string of the molecule is CC1CC(C(=O)O)CN(CC(=O)N(Cc2ccccc2)c2ccccc2)C1. The maximum Gasteiger partial charge on any atom is 0.307 e. The van der Waals surface area contributed by atoms with E-state index in [0.29, 0.717) is 19.5 Å². The Morgan fingerprint density at radius 1 is 1.04 bits per heavy atom. The minimum Gasteiger partial charge on any atom is -0.481 e. The molecular formula is C22H26N2O3. The molecule has 0 saturated carbocycles. The third-order valence-electron chi connectivity index (χ3n) is 5.00. The van der Waals surface area contributed by atoms with Gasteiger partial charge in [-0.3, -0.25) is 14.5 Å². The Hall–Kier alpha value is -2.66. The van der Waals surface area contributed by atoms with Gasteiger partial charge in [0.2, 0.25) is 5.91 Å². The van der Waals surface area contributed by atoms with Crippen molar-refractivity contribution in [2.24, 2.45) is 11.8 Å². The van der Waals surface area contributed by atoms with Crippen molar-refractivity contribution in [3.63, 3.8) is 0 Å². The van der Waals surface area contributed by atoms with Gasteiger partial charge in [0.1, 0.15) is 0 Å². The Kier molecular flexibility index (Phi) is 6.24. The lowest BCUT2D eigenvalue weighted by Crippen LogP contribution is -2.47. The number of carboxylic acids is 1. The van der Waals surface area contributed by atoms with Gasteiger partial charge in [0.25, 0.3) is 0 Å². The van der Waals surface area contributed by atoms with Gasteiger partial charge in [-0.1, -0.05) is 55.5 Å². The molecule has 1 saturated heterocycles. The Morgan fingerprint density at radius 2 is 1.67 bits per heavy atom. The first-order valence-electron chi connectivity index (χ1n) is 9.37. The van der Waals surface area contributed by atoms with E-state index in [4.69, 9.17) is 0 Å². The van der Waals surface area contributed by atoms with Crippen LogP contribution < -0.4 is 4.90 Å². The summed E-state index contributed by atoms with van der Waals surface area (Å²) < 4.78 is 0. The molecule has 0 aromatic heterocycles. The highest BCUT2D eigenvalue weighted by atomic mass is 16.4. The van der Waals surface area contributed by atoms with Gasteiger partial charge in [0, 0.05) is 18.8 Å². The average Bonchev–Trinajstić information content (AvgIpc) is 2.67. The van der Waals surface area contributed by atoms with Crippen LogP contribution >= 0.6 is 0 Å². The zero-order chi connectivity index (χ0) is 19.2. The Bertz CT molecular complexity index is 764. The van der Waals surface area contributed by atoms with E-state index in [1.165, 1.54) is 0 Å². The van der Waals surface area contributed by atoms with Crippen molar-refractivity contribution in [3.8, 4) is 0 Å². The lowest BCUT2D eigenvalue weighted by atomic mass is 9.90. The molecule has 1 heterocycles. The molecule has 142 valence electrons. The summed E-state index contributed by atoms with van der Waals surface area (Å²) in [6.07, 6.45) is 0.673. The zero-order valence-corrected chi connectivity index (χ0v) is 15.6. The fourth-order valence-electron chi connectivity index (χ4n) is 3.74. The fourth-order valence-corrected chi connectivity index (χ4v) is 3.74. The number of carbonyl (C=O) groups is 2. The van der Waals surface area contributed by atoms with Gasteiger partial charge < -0.3 is 10.0 Å². The van der Waals surface area contributed by atoms with Gasteiger partial charge in [-0.05, 0) is 30.0 Å². The standard InChI is InChI=1S/C22H26N2O3/c1-17-12-19(22(26)27)15-23(13-17)16-21(25)24(20-10-6-3-7-11-20)14-18-8-4-2-5-9-18/h2-11,17,19H,12-16H2,1H3,(H,26,27). The van der Waals surface area contributed by atoms with Crippen LogP contribution in [-0.4, -0.2) is 41.5 Å². The van der Waals surface area contributed by atoms with Crippen molar-refractivity contribution in [1.29, 1.82) is 0 Å². The molecule has 1 fully saturated rings. The molecular weight excluding hydrogens is 340 g/mol. The second kappa shape index (κ2) is 8.82. The van der Waals surface area contributed by atoms with Crippen LogP contribution in [0.2, 0.25) is 0 Å². The molecule has 0 radical (unpaired) electrons. The van der Waals surface area contributed by atoms with Crippen LogP contribution in [0.3, 0.4) is 0 Å². The highest BCUT2D eigenvalue weighted by Crippen LogP contribution is 2.23. The zero-order valence-electron chi connectivity index (χ0n) is 15.6. The summed E-state index contributed by atoms with van der Waals surface area (Å²) in [4.78, 5) is 28.3. The predicted octanol–water partition coefficient (Wildman–Crippen LogP) is 3.26. The van der Waals surface area contributed by atoms with E-state index in [2.05, 4.69) is 0 Å². The molecule has 27 heavy (non-hydrogen) atoms. The molecule has 1 aliphatic rings. The highest BCUT2D eigenvalue weighted by molar-refractivity contribution is 5.94. The summed E-state index contributed by atoms with van der Waals surface area (Å²) in [5.74, 6) is -0.917. The highest BCUT2D eigenvalue weighted by Gasteiger charge is 2.31. The van der Waals surface area contributed by atoms with Crippen molar-refractivity contribution in [2.45, 2.75) is 19.9 Å². The van der Waals surface area contributed by atoms with E-state index in [9.17, 15) is 14.7 Å². The van der Waals surface area contributed by atoms with E-state index in [1.807, 2.05) is 72.5 Å². The van der Waals surface area contributed by atoms with Crippen molar-refractivity contribution < 1.29 is 14.7 Å². The van der Waals surface area contributed by atoms with Gasteiger partial charge in [-0.2, -0.15) is 0 Å². The number of piperidine rings is 1. The van der Waals surface area contributed by atoms with Crippen LogP contribution in [0.25, 0.3) is 0 Å². The first-order chi connectivity index (χ1) is 13.0. The van der Waals surface area contributed by atoms with Crippen LogP contribution in [0.15, 0.2) is 60.7 Å². The number of hydrogen-bond acceptors (Lipinski definition) is 3. The van der Waals surface area contributed by atoms with E-state index in [0.717, 1.165) is 17.8 Å². The van der Waals surface area contributed by atoms with Gasteiger partial charge >= 0.3 is 5.97 Å². The van der Waals surface area contributed by atoms with Crippen LogP contribution in [0.1, 0.15) is 18.9 Å². The van der Waals surface area contributed by atoms with Gasteiger partial charge in [0.05, 0.1) is 19.0 Å². The number of hydrogen-bond donors (Lipinski definition) is 1. The maximum atomic E-state index is 13.1. The summed E-state index contributed by atoms with van der Waals surface area (Å²) in [5.41, 5.74) is 1.91. The predicted molar refractivity (Wildman–Crippen MR) is 105 cm³/mol. The van der Waals surface area contributed by atoms with Crippen LogP contribution in [0.4, 0.5) is 5.69 Å². The van der Waals surface area contributed by atoms with Gasteiger partial charge in [-0.25, -0.2) is 0 Å². The largest absolute Gasteiger partial charge is 0.481 e. The Balaban J connectivity index is 1.75. The van der Waals surface area contributed by atoms with E-state index in [-0.39, 0.29) is 18.4 Å². The summed E-state index contributed by atoms with van der Waals surface area (Å²) in [6.45, 7) is 3.96. The monoisotopic (exact) mass is 366 g/mol. The van der Waals surface area contributed by atoms with Crippen LogP contribution in [0, 0.1) is 11.8 Å². The third kappa shape index (κ3) is 5.17. The molecule has 0 bridgehead atoms. The summed E-state index contributed by atoms with van der Waals surface area (Å²) in [6, 6.07) is 19.5. The average molecular weight is 366 g/mol. The third-order valence-corrected chi connectivity index (χ3v) is 5.00. The molecule has 3 rings (SSSR count). The number of amides is 1. The number of carboxylic acid groups (broad SMARTS) is 1. The fraction of sp³-hybridized carbons (Fsp3) is 0.364. The second-order valence-electron chi connectivity index (χ2n) is 7.37. The first kappa shape index (κ1) is 19.1. The number of aliphatic carboxylic acids is 1. The minimum atomic E-state index is -0.775. The molecule has 5 heteroatoms. The topological polar surface area (TPSA) is 60.9 Å². The molecule has 0 spiro atoms. The number of para-hydroxylation sites is 1. The molecule has 1 amide bonds. The van der Waals surface area contributed by atoms with E-state index in [1.54, 1.807) is 4.90 Å². The maximum absolute atomic E-state index is 13.1. The van der Waals surface area contributed by atoms with E-state index < -0.39 is 11.9 Å². The number of rotatable bonds is 6. The quantitative estimate of drug-likeness (QED) is 0.852. The molecule has 2 aromatic rings. The van der Waals surface area contributed by atoms with Crippen molar-refractivity contribution in [1.82, 2.24) is 4.90 Å². The Labute approximate surface area is 160 Å². The normalized spacial score (nSPS) is 20.2.